The average molecular weight is 264 g/mol. The highest BCUT2D eigenvalue weighted by Crippen LogP contribution is 2.22. The van der Waals surface area contributed by atoms with E-state index in [1.807, 2.05) is 13.1 Å². The van der Waals surface area contributed by atoms with E-state index in [0.717, 1.165) is 16.8 Å². The van der Waals surface area contributed by atoms with Crippen molar-refractivity contribution in [3.05, 3.63) is 16.1 Å². The minimum absolute atomic E-state index is 0.230. The molecule has 0 radical (unpaired) electrons. The minimum atomic E-state index is -0.230. The van der Waals surface area contributed by atoms with Crippen molar-refractivity contribution < 1.29 is 9.53 Å². The summed E-state index contributed by atoms with van der Waals surface area (Å²) in [6, 6.07) is 0. The lowest BCUT2D eigenvalue weighted by Gasteiger charge is -2.03. The molecule has 72 valence electrons. The SMILES string of the molecule is CC(OC=O)c1ncc(CCBr)s1. The highest BCUT2D eigenvalue weighted by molar-refractivity contribution is 9.09. The van der Waals surface area contributed by atoms with Crippen LogP contribution in [0.3, 0.4) is 0 Å². The van der Waals surface area contributed by atoms with E-state index in [4.69, 9.17) is 4.74 Å². The number of hydrogen-bond acceptors (Lipinski definition) is 4. The van der Waals surface area contributed by atoms with Crippen LogP contribution in [0.5, 0.6) is 0 Å². The Morgan fingerprint density at radius 2 is 2.62 bits per heavy atom. The topological polar surface area (TPSA) is 39.2 Å². The molecule has 0 saturated carbocycles. The first kappa shape index (κ1) is 10.7. The van der Waals surface area contributed by atoms with Gasteiger partial charge in [-0.25, -0.2) is 4.98 Å². The number of alkyl halides is 1. The summed E-state index contributed by atoms with van der Waals surface area (Å²) in [4.78, 5) is 15.4. The Kier molecular flexibility index (Phi) is 4.38. The maximum Gasteiger partial charge on any atom is 0.293 e. The van der Waals surface area contributed by atoms with Crippen molar-refractivity contribution in [3.8, 4) is 0 Å². The van der Waals surface area contributed by atoms with Gasteiger partial charge < -0.3 is 4.74 Å². The van der Waals surface area contributed by atoms with Gasteiger partial charge in [-0.1, -0.05) is 15.9 Å². The zero-order valence-electron chi connectivity index (χ0n) is 7.20. The zero-order valence-corrected chi connectivity index (χ0v) is 9.60. The van der Waals surface area contributed by atoms with E-state index in [9.17, 15) is 4.79 Å². The van der Waals surface area contributed by atoms with Gasteiger partial charge in [0.1, 0.15) is 11.1 Å². The van der Waals surface area contributed by atoms with Gasteiger partial charge >= 0.3 is 0 Å². The summed E-state index contributed by atoms with van der Waals surface area (Å²) < 4.78 is 4.77. The summed E-state index contributed by atoms with van der Waals surface area (Å²) in [5.74, 6) is 0. The normalized spacial score (nSPS) is 12.5. The third kappa shape index (κ3) is 3.08. The molecule has 0 spiro atoms. The lowest BCUT2D eigenvalue weighted by Crippen LogP contribution is -1.96. The fraction of sp³-hybridized carbons (Fsp3) is 0.500. The van der Waals surface area contributed by atoms with Gasteiger partial charge in [0.05, 0.1) is 0 Å². The van der Waals surface area contributed by atoms with Crippen LogP contribution in [0.1, 0.15) is 22.9 Å². The van der Waals surface area contributed by atoms with Crippen LogP contribution < -0.4 is 0 Å². The first-order chi connectivity index (χ1) is 6.27. The summed E-state index contributed by atoms with van der Waals surface area (Å²) in [6.07, 6.45) is 2.56. The van der Waals surface area contributed by atoms with Gasteiger partial charge in [-0.05, 0) is 13.3 Å². The molecule has 0 aliphatic heterocycles. The van der Waals surface area contributed by atoms with E-state index < -0.39 is 0 Å². The first-order valence-electron chi connectivity index (χ1n) is 3.87. The van der Waals surface area contributed by atoms with Crippen LogP contribution in [-0.4, -0.2) is 16.8 Å². The van der Waals surface area contributed by atoms with E-state index in [2.05, 4.69) is 20.9 Å². The van der Waals surface area contributed by atoms with Crippen LogP contribution in [-0.2, 0) is 16.0 Å². The predicted octanol–water partition coefficient (Wildman–Crippen LogP) is 2.31. The molecule has 1 aromatic heterocycles. The molecule has 1 aromatic rings. The number of aromatic nitrogens is 1. The molecule has 0 bridgehead atoms. The van der Waals surface area contributed by atoms with Crippen molar-refractivity contribution in [3.63, 3.8) is 0 Å². The lowest BCUT2D eigenvalue weighted by molar-refractivity contribution is -0.133. The van der Waals surface area contributed by atoms with Crippen LogP contribution in [0, 0.1) is 0 Å². The summed E-state index contributed by atoms with van der Waals surface area (Å²) >= 11 is 4.94. The molecule has 0 N–H and O–H groups in total. The summed E-state index contributed by atoms with van der Waals surface area (Å²) in [6.45, 7) is 2.27. The molecule has 3 nitrogen and oxygen atoms in total. The van der Waals surface area contributed by atoms with Crippen LogP contribution in [0.25, 0.3) is 0 Å². The molecule has 0 aromatic carbocycles. The van der Waals surface area contributed by atoms with E-state index in [0.29, 0.717) is 6.47 Å². The van der Waals surface area contributed by atoms with Crippen molar-refractivity contribution in [1.82, 2.24) is 4.98 Å². The van der Waals surface area contributed by atoms with Crippen molar-refractivity contribution >= 4 is 33.7 Å². The quantitative estimate of drug-likeness (QED) is 0.605. The van der Waals surface area contributed by atoms with E-state index in [1.165, 1.54) is 4.88 Å². The average Bonchev–Trinajstić information content (AvgIpc) is 2.54. The van der Waals surface area contributed by atoms with Crippen LogP contribution in [0.2, 0.25) is 0 Å². The minimum Gasteiger partial charge on any atom is -0.457 e. The van der Waals surface area contributed by atoms with Crippen LogP contribution >= 0.6 is 27.3 Å². The first-order valence-corrected chi connectivity index (χ1v) is 5.81. The van der Waals surface area contributed by atoms with Crippen molar-refractivity contribution in [1.29, 1.82) is 0 Å². The molecule has 1 atom stereocenters. The Labute approximate surface area is 89.3 Å². The number of carbonyl (C=O) groups excluding carboxylic acids is 1. The Hall–Kier alpha value is -0.420. The molecule has 0 aliphatic rings. The van der Waals surface area contributed by atoms with E-state index in [-0.39, 0.29) is 6.10 Å². The molecule has 0 fully saturated rings. The van der Waals surface area contributed by atoms with Crippen molar-refractivity contribution in [2.24, 2.45) is 0 Å². The lowest BCUT2D eigenvalue weighted by atomic mass is 10.4. The monoisotopic (exact) mass is 263 g/mol. The summed E-state index contributed by atoms with van der Waals surface area (Å²) in [5, 5.41) is 1.78. The van der Waals surface area contributed by atoms with E-state index in [1.54, 1.807) is 11.3 Å². The number of nitrogens with zero attached hydrogens (tertiary/aromatic N) is 1. The van der Waals surface area contributed by atoms with Gasteiger partial charge in [-0.15, -0.1) is 11.3 Å². The second-order valence-corrected chi connectivity index (χ2v) is 4.42. The number of halogens is 1. The molecular formula is C8H10BrNO2S. The molecule has 0 amide bonds. The fourth-order valence-corrected chi connectivity index (χ4v) is 2.46. The largest absolute Gasteiger partial charge is 0.457 e. The predicted molar refractivity (Wildman–Crippen MR) is 55.2 cm³/mol. The Morgan fingerprint density at radius 1 is 1.85 bits per heavy atom. The molecule has 1 rings (SSSR count). The van der Waals surface area contributed by atoms with Crippen LogP contribution in [0.15, 0.2) is 6.20 Å². The van der Waals surface area contributed by atoms with Gasteiger partial charge in [0, 0.05) is 16.4 Å². The Bertz CT molecular complexity index is 277. The van der Waals surface area contributed by atoms with Crippen molar-refractivity contribution in [2.45, 2.75) is 19.4 Å². The van der Waals surface area contributed by atoms with E-state index >= 15 is 0 Å². The van der Waals surface area contributed by atoms with Gasteiger partial charge in [0.25, 0.3) is 6.47 Å². The maximum atomic E-state index is 10.1. The standard InChI is InChI=1S/C8H10BrNO2S/c1-6(12-5-11)8-10-4-7(13-8)2-3-9/h4-6H,2-3H2,1H3. The van der Waals surface area contributed by atoms with Gasteiger partial charge in [-0.2, -0.15) is 0 Å². The third-order valence-electron chi connectivity index (χ3n) is 1.52. The second-order valence-electron chi connectivity index (χ2n) is 2.48. The number of rotatable bonds is 5. The third-order valence-corrected chi connectivity index (χ3v) is 3.13. The number of thiazole rings is 1. The number of ether oxygens (including phenoxy) is 1. The zero-order chi connectivity index (χ0) is 9.68. The Morgan fingerprint density at radius 3 is 3.23 bits per heavy atom. The molecule has 1 unspecified atom stereocenters. The van der Waals surface area contributed by atoms with Gasteiger partial charge in [0.15, 0.2) is 0 Å². The molecule has 5 heteroatoms. The van der Waals surface area contributed by atoms with Gasteiger partial charge in [-0.3, -0.25) is 4.79 Å². The number of hydrogen-bond donors (Lipinski definition) is 0. The smallest absolute Gasteiger partial charge is 0.293 e. The highest BCUT2D eigenvalue weighted by Gasteiger charge is 2.10. The highest BCUT2D eigenvalue weighted by atomic mass is 79.9. The molecule has 1 heterocycles. The fourth-order valence-electron chi connectivity index (χ4n) is 0.861. The van der Waals surface area contributed by atoms with Crippen molar-refractivity contribution in [2.75, 3.05) is 5.33 Å². The number of aryl methyl sites for hydroxylation is 1. The van der Waals surface area contributed by atoms with Gasteiger partial charge in [0.2, 0.25) is 0 Å². The molecular weight excluding hydrogens is 254 g/mol. The summed E-state index contributed by atoms with van der Waals surface area (Å²) in [7, 11) is 0. The van der Waals surface area contributed by atoms with Crippen LogP contribution in [0.4, 0.5) is 0 Å². The Balaban J connectivity index is 2.61. The molecule has 0 aliphatic carbocycles. The second kappa shape index (κ2) is 5.34. The molecule has 13 heavy (non-hydrogen) atoms. The maximum absolute atomic E-state index is 10.1. The number of carbonyl (C=O) groups is 1. The molecule has 0 saturated heterocycles. The summed E-state index contributed by atoms with van der Waals surface area (Å²) in [5.41, 5.74) is 0.